The number of hydrogen-bond donors (Lipinski definition) is 2. The molecule has 5 rings (SSSR count). The Labute approximate surface area is 160 Å². The minimum atomic E-state index is -0.179. The van der Waals surface area contributed by atoms with Gasteiger partial charge in [0.05, 0.1) is 16.6 Å². The Bertz CT molecular complexity index is 1000. The van der Waals surface area contributed by atoms with Crippen molar-refractivity contribution in [2.24, 2.45) is 0 Å². The quantitative estimate of drug-likeness (QED) is 0.715. The van der Waals surface area contributed by atoms with E-state index in [2.05, 4.69) is 25.8 Å². The highest BCUT2D eigenvalue weighted by molar-refractivity contribution is 7.15. The van der Waals surface area contributed by atoms with E-state index >= 15 is 0 Å². The number of rotatable bonds is 4. The summed E-state index contributed by atoms with van der Waals surface area (Å²) in [5.74, 6) is 0.781. The zero-order valence-electron chi connectivity index (χ0n) is 15.1. The first kappa shape index (κ1) is 16.8. The fourth-order valence-corrected chi connectivity index (χ4v) is 4.67. The number of aryl methyl sites for hydroxylation is 1. The number of nitrogens with one attached hydrogen (secondary N) is 2. The normalized spacial score (nSPS) is 18.1. The van der Waals surface area contributed by atoms with Gasteiger partial charge in [-0.25, -0.2) is 9.97 Å². The van der Waals surface area contributed by atoms with Crippen molar-refractivity contribution in [3.05, 3.63) is 34.1 Å². The van der Waals surface area contributed by atoms with E-state index in [1.165, 1.54) is 4.88 Å². The standard InChI is InChI=1S/C19H21N5O2S/c1-10-16-13(8-14(11-2-3-11)22-18(16)26-24-10)17(25)23-19-21-9-15(27-19)12-4-6-20-7-5-12/h8-9,11-12,20H,2-7H2,1H3,(H,21,23,25). The van der Waals surface area contributed by atoms with Crippen molar-refractivity contribution in [3.8, 4) is 0 Å². The topological polar surface area (TPSA) is 92.9 Å². The molecule has 0 spiro atoms. The first-order valence-corrected chi connectivity index (χ1v) is 10.3. The average Bonchev–Trinajstić information content (AvgIpc) is 3.34. The van der Waals surface area contributed by atoms with E-state index in [0.29, 0.717) is 39.3 Å². The van der Waals surface area contributed by atoms with E-state index < -0.39 is 0 Å². The van der Waals surface area contributed by atoms with Gasteiger partial charge in [-0.1, -0.05) is 5.16 Å². The highest BCUT2D eigenvalue weighted by Crippen LogP contribution is 2.40. The predicted molar refractivity (Wildman–Crippen MR) is 103 cm³/mol. The number of anilines is 1. The number of pyridine rings is 1. The maximum absolute atomic E-state index is 13.0. The SMILES string of the molecule is Cc1noc2nc(C3CC3)cc(C(=O)Nc3ncc(C4CCNCC4)s3)c12. The van der Waals surface area contributed by atoms with Gasteiger partial charge in [0.15, 0.2) is 5.13 Å². The lowest BCUT2D eigenvalue weighted by molar-refractivity contribution is 0.102. The van der Waals surface area contributed by atoms with Gasteiger partial charge in [-0.2, -0.15) is 0 Å². The smallest absolute Gasteiger partial charge is 0.259 e. The van der Waals surface area contributed by atoms with Crippen LogP contribution in [-0.4, -0.2) is 34.1 Å². The number of piperidine rings is 1. The maximum atomic E-state index is 13.0. The molecule has 1 saturated carbocycles. The third-order valence-corrected chi connectivity index (χ3v) is 6.44. The van der Waals surface area contributed by atoms with Crippen LogP contribution in [0, 0.1) is 6.92 Å². The summed E-state index contributed by atoms with van der Waals surface area (Å²) in [6, 6.07) is 1.89. The molecule has 1 saturated heterocycles. The summed E-state index contributed by atoms with van der Waals surface area (Å²) in [5.41, 5.74) is 2.61. The van der Waals surface area contributed by atoms with Crippen LogP contribution < -0.4 is 10.6 Å². The molecule has 2 aliphatic rings. The molecule has 0 unspecified atom stereocenters. The van der Waals surface area contributed by atoms with Crippen molar-refractivity contribution in [2.45, 2.75) is 44.4 Å². The molecule has 1 aliphatic carbocycles. The number of aromatic nitrogens is 3. The zero-order valence-corrected chi connectivity index (χ0v) is 15.9. The monoisotopic (exact) mass is 383 g/mol. The first-order valence-electron chi connectivity index (χ1n) is 9.44. The Balaban J connectivity index is 1.42. The molecule has 0 radical (unpaired) electrons. The molecule has 2 fully saturated rings. The van der Waals surface area contributed by atoms with Crippen LogP contribution in [-0.2, 0) is 0 Å². The van der Waals surface area contributed by atoms with Crippen molar-refractivity contribution >= 4 is 33.5 Å². The van der Waals surface area contributed by atoms with Crippen LogP contribution in [0.4, 0.5) is 5.13 Å². The van der Waals surface area contributed by atoms with Gasteiger partial charge in [-0.3, -0.25) is 10.1 Å². The molecule has 1 amide bonds. The number of nitrogens with zero attached hydrogens (tertiary/aromatic N) is 3. The Morgan fingerprint density at radius 2 is 2.07 bits per heavy atom. The number of fused-ring (bicyclic) bond motifs is 1. The molecule has 0 atom stereocenters. The second-order valence-electron chi connectivity index (χ2n) is 7.36. The summed E-state index contributed by atoms with van der Waals surface area (Å²) >= 11 is 1.57. The van der Waals surface area contributed by atoms with Crippen LogP contribution in [0.5, 0.6) is 0 Å². The first-order chi connectivity index (χ1) is 13.2. The molecule has 2 N–H and O–H groups in total. The predicted octanol–water partition coefficient (Wildman–Crippen LogP) is 3.58. The third-order valence-electron chi connectivity index (χ3n) is 5.36. The van der Waals surface area contributed by atoms with E-state index in [1.54, 1.807) is 11.3 Å². The van der Waals surface area contributed by atoms with E-state index in [0.717, 1.165) is 44.5 Å². The van der Waals surface area contributed by atoms with Gasteiger partial charge >= 0.3 is 0 Å². The van der Waals surface area contributed by atoms with E-state index in [-0.39, 0.29) is 5.91 Å². The minimum absolute atomic E-state index is 0.179. The lowest BCUT2D eigenvalue weighted by Crippen LogP contribution is -2.26. The zero-order chi connectivity index (χ0) is 18.4. The van der Waals surface area contributed by atoms with Crippen molar-refractivity contribution in [3.63, 3.8) is 0 Å². The molecule has 27 heavy (non-hydrogen) atoms. The van der Waals surface area contributed by atoms with Crippen molar-refractivity contribution in [1.29, 1.82) is 0 Å². The fourth-order valence-electron chi connectivity index (χ4n) is 3.69. The summed E-state index contributed by atoms with van der Waals surface area (Å²) in [6.07, 6.45) is 6.35. The van der Waals surface area contributed by atoms with Crippen molar-refractivity contribution in [1.82, 2.24) is 20.4 Å². The van der Waals surface area contributed by atoms with Crippen LogP contribution >= 0.6 is 11.3 Å². The molecule has 3 aromatic rings. The number of carbonyl (C=O) groups excluding carboxylic acids is 1. The van der Waals surface area contributed by atoms with Crippen LogP contribution in [0.2, 0.25) is 0 Å². The highest BCUT2D eigenvalue weighted by Gasteiger charge is 2.29. The molecular weight excluding hydrogens is 362 g/mol. The van der Waals surface area contributed by atoms with Crippen LogP contribution in [0.1, 0.15) is 64.1 Å². The molecule has 8 heteroatoms. The highest BCUT2D eigenvalue weighted by atomic mass is 32.1. The summed E-state index contributed by atoms with van der Waals surface area (Å²) in [5, 5.41) is 11.7. The maximum Gasteiger partial charge on any atom is 0.259 e. The molecule has 0 aromatic carbocycles. The number of thiazole rings is 1. The Hall–Kier alpha value is -2.32. The lowest BCUT2D eigenvalue weighted by Gasteiger charge is -2.20. The average molecular weight is 383 g/mol. The Morgan fingerprint density at radius 1 is 1.26 bits per heavy atom. The Morgan fingerprint density at radius 3 is 2.85 bits per heavy atom. The van der Waals surface area contributed by atoms with E-state index in [9.17, 15) is 4.79 Å². The van der Waals surface area contributed by atoms with Gasteiger partial charge in [-0.05, 0) is 57.7 Å². The molecule has 0 bridgehead atoms. The lowest BCUT2D eigenvalue weighted by atomic mass is 9.97. The van der Waals surface area contributed by atoms with Crippen molar-refractivity contribution in [2.75, 3.05) is 18.4 Å². The number of amides is 1. The van der Waals surface area contributed by atoms with E-state index in [1.807, 2.05) is 19.2 Å². The van der Waals surface area contributed by atoms with E-state index in [4.69, 9.17) is 4.52 Å². The van der Waals surface area contributed by atoms with Gasteiger partial charge in [0, 0.05) is 22.7 Å². The number of hydrogen-bond acceptors (Lipinski definition) is 7. The van der Waals surface area contributed by atoms with Gasteiger partial charge in [0.25, 0.3) is 11.6 Å². The van der Waals surface area contributed by atoms with Gasteiger partial charge in [0.1, 0.15) is 0 Å². The molecule has 3 aromatic heterocycles. The van der Waals surface area contributed by atoms with Gasteiger partial charge < -0.3 is 9.84 Å². The summed E-state index contributed by atoms with van der Waals surface area (Å²) in [4.78, 5) is 23.2. The van der Waals surface area contributed by atoms with Crippen LogP contribution in [0.15, 0.2) is 16.8 Å². The molecule has 7 nitrogen and oxygen atoms in total. The summed E-state index contributed by atoms with van der Waals surface area (Å²) < 4.78 is 5.33. The molecule has 1 aliphatic heterocycles. The van der Waals surface area contributed by atoms with Crippen molar-refractivity contribution < 1.29 is 9.32 Å². The summed E-state index contributed by atoms with van der Waals surface area (Å²) in [7, 11) is 0. The number of carbonyl (C=O) groups is 1. The minimum Gasteiger partial charge on any atom is -0.336 e. The second kappa shape index (κ2) is 6.69. The fraction of sp³-hybridized carbons (Fsp3) is 0.474. The van der Waals surface area contributed by atoms with Gasteiger partial charge in [-0.15, -0.1) is 11.3 Å². The largest absolute Gasteiger partial charge is 0.336 e. The molecule has 140 valence electrons. The third kappa shape index (κ3) is 3.23. The van der Waals surface area contributed by atoms with Gasteiger partial charge in [0.2, 0.25) is 0 Å². The summed E-state index contributed by atoms with van der Waals surface area (Å²) in [6.45, 7) is 3.91. The molecule has 4 heterocycles. The van der Waals surface area contributed by atoms with Crippen LogP contribution in [0.3, 0.4) is 0 Å². The Kier molecular flexibility index (Phi) is 4.17. The van der Waals surface area contributed by atoms with Crippen LogP contribution in [0.25, 0.3) is 11.1 Å². The second-order valence-corrected chi connectivity index (χ2v) is 8.43. The molecular formula is C19H21N5O2S.